The first-order valence-electron chi connectivity index (χ1n) is 11.0. The number of benzene rings is 1. The number of rotatable bonds is 9. The normalized spacial score (nSPS) is 11.6. The molecule has 0 saturated carbocycles. The van der Waals surface area contributed by atoms with E-state index in [9.17, 15) is 13.5 Å². The van der Waals surface area contributed by atoms with Crippen LogP contribution in [0.15, 0.2) is 66.1 Å². The number of hydrogen-bond acceptors (Lipinski definition) is 11. The molecule has 4 rings (SSSR count). The third kappa shape index (κ3) is 6.12. The van der Waals surface area contributed by atoms with Gasteiger partial charge in [0.05, 0.1) is 7.11 Å². The van der Waals surface area contributed by atoms with Gasteiger partial charge in [-0.1, -0.05) is 18.2 Å². The van der Waals surface area contributed by atoms with Gasteiger partial charge in [-0.15, -0.1) is 5.92 Å². The van der Waals surface area contributed by atoms with Crippen molar-refractivity contribution in [1.82, 2.24) is 24.9 Å². The first-order valence-corrected chi connectivity index (χ1v) is 12.5. The minimum absolute atomic E-state index is 0.0613. The maximum atomic E-state index is 13.3. The molecule has 12 nitrogen and oxygen atoms in total. The van der Waals surface area contributed by atoms with Gasteiger partial charge in [-0.05, 0) is 49.6 Å². The van der Waals surface area contributed by atoms with Gasteiger partial charge >= 0.3 is 0 Å². The zero-order valence-corrected chi connectivity index (χ0v) is 21.3. The predicted molar refractivity (Wildman–Crippen MR) is 136 cm³/mol. The highest BCUT2D eigenvalue weighted by molar-refractivity contribution is 7.92. The highest BCUT2D eigenvalue weighted by atomic mass is 32.2. The predicted octanol–water partition coefficient (Wildman–Crippen LogP) is 2.96. The van der Waals surface area contributed by atoms with Gasteiger partial charge in [0, 0.05) is 18.6 Å². The summed E-state index contributed by atoms with van der Waals surface area (Å²) >= 11 is 0. The lowest BCUT2D eigenvalue weighted by molar-refractivity contribution is 0.0275. The van der Waals surface area contributed by atoms with Gasteiger partial charge in [0.2, 0.25) is 11.6 Å². The molecule has 0 radical (unpaired) electrons. The summed E-state index contributed by atoms with van der Waals surface area (Å²) < 4.78 is 45.8. The van der Waals surface area contributed by atoms with E-state index in [0.29, 0.717) is 5.75 Å². The largest absolute Gasteiger partial charge is 0.493 e. The van der Waals surface area contributed by atoms with Crippen molar-refractivity contribution in [3.05, 3.63) is 66.6 Å². The van der Waals surface area contributed by atoms with Gasteiger partial charge in [-0.3, -0.25) is 4.72 Å². The monoisotopic (exact) mass is 534 g/mol. The third-order valence-corrected chi connectivity index (χ3v) is 6.02. The van der Waals surface area contributed by atoms with Crippen LogP contribution in [0.25, 0.3) is 11.6 Å². The number of nitrogens with one attached hydrogen (secondary N) is 1. The summed E-state index contributed by atoms with van der Waals surface area (Å²) in [6.07, 6.45) is 2.72. The Kier molecular flexibility index (Phi) is 7.95. The van der Waals surface area contributed by atoms with Gasteiger partial charge in [-0.25, -0.2) is 19.9 Å². The molecule has 0 aliphatic rings. The van der Waals surface area contributed by atoms with Gasteiger partial charge < -0.3 is 19.3 Å². The third-order valence-electron chi connectivity index (χ3n) is 4.76. The van der Waals surface area contributed by atoms with Gasteiger partial charge in [0.1, 0.15) is 0 Å². The molecule has 3 heterocycles. The Balaban J connectivity index is 1.92. The number of hydrogen-bond donors (Lipinski definition) is 2. The molecule has 1 aromatic carbocycles. The van der Waals surface area contributed by atoms with E-state index in [2.05, 4.69) is 41.5 Å². The molecule has 3 aromatic heterocycles. The van der Waals surface area contributed by atoms with Crippen molar-refractivity contribution in [2.24, 2.45) is 0 Å². The quantitative estimate of drug-likeness (QED) is 0.240. The van der Waals surface area contributed by atoms with Crippen LogP contribution in [0.2, 0.25) is 0 Å². The highest BCUT2D eigenvalue weighted by Crippen LogP contribution is 2.41. The van der Waals surface area contributed by atoms with Crippen molar-refractivity contribution < 1.29 is 27.7 Å². The van der Waals surface area contributed by atoms with Crippen LogP contribution in [0.5, 0.6) is 23.1 Å². The van der Waals surface area contributed by atoms with E-state index in [0.717, 1.165) is 5.56 Å². The fourth-order valence-corrected chi connectivity index (χ4v) is 3.99. The fourth-order valence-electron chi connectivity index (χ4n) is 3.05. The Bertz CT molecular complexity index is 1590. The number of aliphatic hydroxyl groups is 1. The maximum Gasteiger partial charge on any atom is 0.280 e. The average Bonchev–Trinajstić information content (AvgIpc) is 2.91. The Morgan fingerprint density at radius 1 is 0.974 bits per heavy atom. The summed E-state index contributed by atoms with van der Waals surface area (Å²) in [6.45, 7) is 3.29. The average molecular weight is 535 g/mol. The molecule has 4 aromatic rings. The number of anilines is 1. The van der Waals surface area contributed by atoms with E-state index in [1.54, 1.807) is 43.3 Å². The van der Waals surface area contributed by atoms with E-state index in [1.807, 2.05) is 0 Å². The molecule has 0 amide bonds. The van der Waals surface area contributed by atoms with Crippen molar-refractivity contribution in [1.29, 1.82) is 0 Å². The molecular weight excluding hydrogens is 512 g/mol. The van der Waals surface area contributed by atoms with Crippen LogP contribution in [0.1, 0.15) is 12.5 Å². The second-order valence-corrected chi connectivity index (χ2v) is 9.13. The molecule has 0 aliphatic heterocycles. The summed E-state index contributed by atoms with van der Waals surface area (Å²) in [6, 6.07) is 11.2. The summed E-state index contributed by atoms with van der Waals surface area (Å²) in [4.78, 5) is 20.8. The summed E-state index contributed by atoms with van der Waals surface area (Å²) in [7, 11) is -2.82. The minimum Gasteiger partial charge on any atom is -0.493 e. The number of ether oxygens (including phenoxy) is 3. The molecule has 0 spiro atoms. The lowest BCUT2D eigenvalue weighted by Gasteiger charge is -2.18. The molecule has 0 aliphatic carbocycles. The Morgan fingerprint density at radius 3 is 2.37 bits per heavy atom. The first-order chi connectivity index (χ1) is 18.3. The SMILES string of the molecule is CC#CC(O)Oc1nc(-c2ncccn2)nc(NS(=O)(=O)c2ccc(C)cn2)c1Oc1ccccc1OC. The zero-order chi connectivity index (χ0) is 27.1. The topological polar surface area (TPSA) is 159 Å². The van der Waals surface area contributed by atoms with E-state index >= 15 is 0 Å². The van der Waals surface area contributed by atoms with Crippen LogP contribution in [-0.4, -0.2) is 51.8 Å². The van der Waals surface area contributed by atoms with Crippen LogP contribution in [-0.2, 0) is 10.0 Å². The van der Waals surface area contributed by atoms with Gasteiger partial charge in [0.25, 0.3) is 22.2 Å². The van der Waals surface area contributed by atoms with Crippen molar-refractivity contribution in [2.45, 2.75) is 25.2 Å². The molecule has 194 valence electrons. The van der Waals surface area contributed by atoms with Crippen LogP contribution in [0, 0.1) is 18.8 Å². The fraction of sp³-hybridized carbons (Fsp3) is 0.160. The van der Waals surface area contributed by atoms with Crippen molar-refractivity contribution >= 4 is 15.8 Å². The van der Waals surface area contributed by atoms with E-state index in [4.69, 9.17) is 14.2 Å². The maximum absolute atomic E-state index is 13.3. The van der Waals surface area contributed by atoms with E-state index in [1.165, 1.54) is 38.7 Å². The van der Waals surface area contributed by atoms with Crippen LogP contribution < -0.4 is 18.9 Å². The standard InChI is InChI=1S/C25H22N6O6S/c1-4-8-20(32)37-25-21(36-18-10-6-5-9-17(18)35-3)22(29-24(30-25)23-26-13-7-14-27-23)31-38(33,34)19-12-11-16(2)15-28-19/h5-7,9-15,20,32H,1-3H3,(H,29,30,31). The van der Waals surface area contributed by atoms with Crippen molar-refractivity contribution in [3.8, 4) is 46.6 Å². The van der Waals surface area contributed by atoms with E-state index in [-0.39, 0.29) is 39.9 Å². The number of nitrogens with zero attached hydrogens (tertiary/aromatic N) is 5. The summed E-state index contributed by atoms with van der Waals surface area (Å²) in [5.74, 6) is 4.48. The number of sulfonamides is 1. The number of para-hydroxylation sites is 2. The minimum atomic E-state index is -4.26. The highest BCUT2D eigenvalue weighted by Gasteiger charge is 2.27. The molecule has 0 saturated heterocycles. The molecule has 38 heavy (non-hydrogen) atoms. The lowest BCUT2D eigenvalue weighted by Crippen LogP contribution is -2.19. The molecule has 0 bridgehead atoms. The molecule has 13 heteroatoms. The molecule has 1 unspecified atom stereocenters. The Morgan fingerprint density at radius 2 is 1.71 bits per heavy atom. The summed E-state index contributed by atoms with van der Waals surface area (Å²) in [5.41, 5.74) is 0.774. The second kappa shape index (κ2) is 11.5. The van der Waals surface area contributed by atoms with Crippen LogP contribution in [0.3, 0.4) is 0 Å². The molecule has 0 fully saturated rings. The molecule has 2 N–H and O–H groups in total. The first kappa shape index (κ1) is 26.3. The molecule has 1 atom stereocenters. The number of pyridine rings is 1. The van der Waals surface area contributed by atoms with Gasteiger partial charge in [0.15, 0.2) is 28.2 Å². The number of methoxy groups -OCH3 is 1. The van der Waals surface area contributed by atoms with Crippen molar-refractivity contribution in [2.75, 3.05) is 11.8 Å². The number of aromatic nitrogens is 5. The Labute approximate surface area is 218 Å². The van der Waals surface area contributed by atoms with Gasteiger partial charge in [-0.2, -0.15) is 13.4 Å². The second-order valence-electron chi connectivity index (χ2n) is 7.50. The summed E-state index contributed by atoms with van der Waals surface area (Å²) in [5, 5.41) is 10.0. The van der Waals surface area contributed by atoms with Crippen LogP contribution in [0.4, 0.5) is 5.82 Å². The smallest absolute Gasteiger partial charge is 0.280 e. The molecular formula is C25H22N6O6S. The number of aryl methyl sites for hydroxylation is 1. The van der Waals surface area contributed by atoms with Crippen molar-refractivity contribution in [3.63, 3.8) is 0 Å². The van der Waals surface area contributed by atoms with Crippen LogP contribution >= 0.6 is 0 Å². The van der Waals surface area contributed by atoms with E-state index < -0.39 is 16.3 Å². The Hall–Kier alpha value is -4.80. The number of aliphatic hydroxyl groups excluding tert-OH is 1. The lowest BCUT2D eigenvalue weighted by atomic mass is 10.3. The zero-order valence-electron chi connectivity index (χ0n) is 20.5.